The van der Waals surface area contributed by atoms with Gasteiger partial charge in [0.1, 0.15) is 11.6 Å². The van der Waals surface area contributed by atoms with E-state index in [9.17, 15) is 23.3 Å². The van der Waals surface area contributed by atoms with Gasteiger partial charge in [0.2, 0.25) is 0 Å². The predicted molar refractivity (Wildman–Crippen MR) is 98.2 cm³/mol. The van der Waals surface area contributed by atoms with E-state index in [1.807, 2.05) is 13.0 Å². The number of Topliss-reactive ketones (excluding diaryl/α,β-unsaturated/α-hetero) is 1. The summed E-state index contributed by atoms with van der Waals surface area (Å²) >= 11 is 0. The Bertz CT molecular complexity index is 867. The maximum Gasteiger partial charge on any atom is 0.267 e. The van der Waals surface area contributed by atoms with Gasteiger partial charge in [0.15, 0.2) is 15.6 Å². The fourth-order valence-electron chi connectivity index (χ4n) is 2.78. The molecule has 2 rings (SSSR count). The molecule has 1 fully saturated rings. The van der Waals surface area contributed by atoms with E-state index in [1.54, 1.807) is 29.2 Å². The summed E-state index contributed by atoms with van der Waals surface area (Å²) < 4.78 is 23.3. The fraction of sp³-hybridized carbons (Fsp3) is 0.389. The van der Waals surface area contributed by atoms with Crippen LogP contribution in [0.2, 0.25) is 0 Å². The zero-order valence-electron chi connectivity index (χ0n) is 14.7. The molecule has 1 saturated heterocycles. The summed E-state index contributed by atoms with van der Waals surface area (Å²) in [6.07, 6.45) is 1.91. The summed E-state index contributed by atoms with van der Waals surface area (Å²) in [6.45, 7) is 3.79. The average molecular weight is 375 g/mol. The van der Waals surface area contributed by atoms with E-state index in [4.69, 9.17) is 0 Å². The van der Waals surface area contributed by atoms with Crippen molar-refractivity contribution >= 4 is 27.2 Å². The minimum Gasteiger partial charge on any atom is -0.372 e. The minimum absolute atomic E-state index is 0.0319. The first-order valence-electron chi connectivity index (χ1n) is 8.26. The molecule has 1 aromatic rings. The number of nitrogens with one attached hydrogen (secondary N) is 1. The Balaban J connectivity index is 2.12. The van der Waals surface area contributed by atoms with Crippen molar-refractivity contribution in [2.45, 2.75) is 26.3 Å². The second kappa shape index (κ2) is 8.15. The lowest BCUT2D eigenvalue weighted by molar-refractivity contribution is -0.112. The maximum absolute atomic E-state index is 12.3. The van der Waals surface area contributed by atoms with E-state index in [1.165, 1.54) is 13.1 Å². The molecule has 8 heteroatoms. The van der Waals surface area contributed by atoms with E-state index < -0.39 is 15.7 Å². The highest BCUT2D eigenvalue weighted by Crippen LogP contribution is 2.19. The van der Waals surface area contributed by atoms with Crippen LogP contribution in [0.5, 0.6) is 0 Å². The Morgan fingerprint density at radius 3 is 2.46 bits per heavy atom. The van der Waals surface area contributed by atoms with Crippen molar-refractivity contribution in [3.8, 4) is 6.07 Å². The smallest absolute Gasteiger partial charge is 0.267 e. The lowest BCUT2D eigenvalue weighted by Gasteiger charge is -2.25. The van der Waals surface area contributed by atoms with Crippen molar-refractivity contribution in [1.82, 2.24) is 4.90 Å². The Morgan fingerprint density at radius 1 is 1.35 bits per heavy atom. The summed E-state index contributed by atoms with van der Waals surface area (Å²) in [4.78, 5) is 25.3. The lowest BCUT2D eigenvalue weighted by Crippen LogP contribution is -2.32. The van der Waals surface area contributed by atoms with E-state index >= 15 is 0 Å². The average Bonchev–Trinajstić information content (AvgIpc) is 2.96. The van der Waals surface area contributed by atoms with Crippen LogP contribution in [0.25, 0.3) is 0 Å². The van der Waals surface area contributed by atoms with Gasteiger partial charge in [-0.25, -0.2) is 8.42 Å². The van der Waals surface area contributed by atoms with Gasteiger partial charge in [-0.05, 0) is 44.5 Å². The van der Waals surface area contributed by atoms with Gasteiger partial charge in [0.05, 0.1) is 11.5 Å². The molecule has 1 aromatic carbocycles. The number of nitrogens with zero attached hydrogens (tertiary/aromatic N) is 2. The number of rotatable bonds is 6. The van der Waals surface area contributed by atoms with Crippen LogP contribution in [0.15, 0.2) is 36.0 Å². The first-order chi connectivity index (χ1) is 12.3. The van der Waals surface area contributed by atoms with Crippen LogP contribution in [0.1, 0.15) is 30.6 Å². The van der Waals surface area contributed by atoms with Crippen molar-refractivity contribution in [1.29, 1.82) is 5.26 Å². The number of ketones is 1. The van der Waals surface area contributed by atoms with Crippen LogP contribution in [0.3, 0.4) is 0 Å². The molecule has 1 aliphatic heterocycles. The molecule has 138 valence electrons. The van der Waals surface area contributed by atoms with Crippen LogP contribution in [0, 0.1) is 11.3 Å². The molecule has 1 unspecified atom stereocenters. The molecule has 0 radical (unpaired) electrons. The number of carbonyl (C=O) groups excluding carboxylic acids is 2. The molecule has 0 aromatic heterocycles. The molecule has 1 heterocycles. The summed E-state index contributed by atoms with van der Waals surface area (Å²) in [6, 6.07) is 8.00. The Morgan fingerprint density at radius 2 is 2.00 bits per heavy atom. The van der Waals surface area contributed by atoms with Gasteiger partial charge in [-0.2, -0.15) is 5.26 Å². The van der Waals surface area contributed by atoms with Crippen molar-refractivity contribution < 1.29 is 18.0 Å². The molecule has 7 nitrogen and oxygen atoms in total. The van der Waals surface area contributed by atoms with Gasteiger partial charge in [-0.3, -0.25) is 9.59 Å². The number of nitriles is 1. The summed E-state index contributed by atoms with van der Waals surface area (Å²) in [5.41, 5.74) is 0.887. The SMILES string of the molecule is CCN(/C=C(/C#N)C(=O)Nc1ccc(C(C)=O)cc1)C1CCS(=O)(=O)C1. The molecule has 0 saturated carbocycles. The third-order valence-electron chi connectivity index (χ3n) is 4.25. The van der Waals surface area contributed by atoms with Crippen molar-refractivity contribution in [2.75, 3.05) is 23.4 Å². The molecular weight excluding hydrogens is 354 g/mol. The van der Waals surface area contributed by atoms with E-state index in [2.05, 4.69) is 5.32 Å². The number of hydrogen-bond donors (Lipinski definition) is 1. The Hall–Kier alpha value is -2.66. The van der Waals surface area contributed by atoms with Gasteiger partial charge >= 0.3 is 0 Å². The van der Waals surface area contributed by atoms with Crippen molar-refractivity contribution in [3.05, 3.63) is 41.6 Å². The maximum atomic E-state index is 12.3. The highest BCUT2D eigenvalue weighted by molar-refractivity contribution is 7.91. The normalized spacial score (nSPS) is 18.8. The van der Waals surface area contributed by atoms with Crippen LogP contribution in [-0.4, -0.2) is 49.1 Å². The number of hydrogen-bond acceptors (Lipinski definition) is 6. The van der Waals surface area contributed by atoms with Crippen molar-refractivity contribution in [3.63, 3.8) is 0 Å². The molecule has 0 spiro atoms. The Labute approximate surface area is 153 Å². The van der Waals surface area contributed by atoms with E-state index in [0.717, 1.165) is 0 Å². The molecule has 0 aliphatic carbocycles. The third-order valence-corrected chi connectivity index (χ3v) is 6.00. The zero-order chi connectivity index (χ0) is 19.3. The molecule has 1 amide bonds. The zero-order valence-corrected chi connectivity index (χ0v) is 15.5. The second-order valence-electron chi connectivity index (χ2n) is 6.13. The molecule has 1 atom stereocenters. The van der Waals surface area contributed by atoms with Crippen molar-refractivity contribution in [2.24, 2.45) is 0 Å². The number of amides is 1. The lowest BCUT2D eigenvalue weighted by atomic mass is 10.1. The molecule has 1 aliphatic rings. The molecule has 0 bridgehead atoms. The standard InChI is InChI=1S/C18H21N3O4S/c1-3-21(17-8-9-26(24,25)12-17)11-15(10-19)18(23)20-16-6-4-14(5-7-16)13(2)22/h4-7,11,17H,3,8-9,12H2,1-2H3,(H,20,23)/b15-11-. The summed E-state index contributed by atoms with van der Waals surface area (Å²) in [7, 11) is -3.05. The minimum atomic E-state index is -3.05. The van der Waals surface area contributed by atoms with Gasteiger partial charge in [-0.1, -0.05) is 0 Å². The quantitative estimate of drug-likeness (QED) is 0.461. The predicted octanol–water partition coefficient (Wildman–Crippen LogP) is 1.74. The monoisotopic (exact) mass is 375 g/mol. The van der Waals surface area contributed by atoms with Gasteiger partial charge < -0.3 is 10.2 Å². The first kappa shape index (κ1) is 19.7. The largest absolute Gasteiger partial charge is 0.372 e. The van der Waals surface area contributed by atoms with Crippen LogP contribution in [-0.2, 0) is 14.6 Å². The van der Waals surface area contributed by atoms with Gasteiger partial charge in [0, 0.05) is 30.0 Å². The topological polar surface area (TPSA) is 107 Å². The summed E-state index contributed by atoms with van der Waals surface area (Å²) in [5, 5.41) is 11.9. The Kier molecular flexibility index (Phi) is 6.16. The van der Waals surface area contributed by atoms with E-state index in [0.29, 0.717) is 24.2 Å². The molecule has 1 N–H and O–H groups in total. The highest BCUT2D eigenvalue weighted by Gasteiger charge is 2.31. The molecule has 26 heavy (non-hydrogen) atoms. The number of carbonyl (C=O) groups is 2. The fourth-order valence-corrected chi connectivity index (χ4v) is 4.52. The second-order valence-corrected chi connectivity index (χ2v) is 8.36. The number of benzene rings is 1. The van der Waals surface area contributed by atoms with Gasteiger partial charge in [-0.15, -0.1) is 0 Å². The van der Waals surface area contributed by atoms with Gasteiger partial charge in [0.25, 0.3) is 5.91 Å². The number of anilines is 1. The highest BCUT2D eigenvalue weighted by atomic mass is 32.2. The third kappa shape index (κ3) is 4.92. The van der Waals surface area contributed by atoms with Crippen LogP contribution >= 0.6 is 0 Å². The van der Waals surface area contributed by atoms with Crippen LogP contribution in [0.4, 0.5) is 5.69 Å². The van der Waals surface area contributed by atoms with E-state index in [-0.39, 0.29) is 28.9 Å². The number of sulfone groups is 1. The van der Waals surface area contributed by atoms with Crippen LogP contribution < -0.4 is 5.32 Å². The first-order valence-corrected chi connectivity index (χ1v) is 10.1. The summed E-state index contributed by atoms with van der Waals surface area (Å²) in [5.74, 6) is -0.504. The molecular formula is C18H21N3O4S.